The Morgan fingerprint density at radius 3 is 1.49 bits per heavy atom. The number of rotatable bonds is 4. The molecule has 2 aliphatic carbocycles. The lowest BCUT2D eigenvalue weighted by atomic mass is 9.70. The molecule has 1 spiro atoms. The molecule has 8 aromatic carbocycles. The normalized spacial score (nSPS) is 13.3. The van der Waals surface area contributed by atoms with Crippen LogP contribution in [-0.2, 0) is 5.41 Å². The van der Waals surface area contributed by atoms with Gasteiger partial charge in [-0.1, -0.05) is 170 Å². The van der Waals surface area contributed by atoms with Crippen LogP contribution in [0.2, 0.25) is 0 Å². The van der Waals surface area contributed by atoms with Crippen LogP contribution in [0.4, 0.5) is 0 Å². The van der Waals surface area contributed by atoms with Gasteiger partial charge in [-0.15, -0.1) is 0 Å². The average Bonchev–Trinajstić information content (AvgIpc) is 3.68. The van der Waals surface area contributed by atoms with Crippen LogP contribution in [0.25, 0.3) is 77.7 Å². The van der Waals surface area contributed by atoms with Crippen molar-refractivity contribution in [1.29, 1.82) is 0 Å². The molecular weight excluding hydrogens is 617 g/mol. The quantitative estimate of drug-likeness (QED) is 0.178. The third-order valence-electron chi connectivity index (χ3n) is 11.1. The van der Waals surface area contributed by atoms with E-state index in [1.807, 2.05) is 24.3 Å². The molecule has 51 heavy (non-hydrogen) atoms. The van der Waals surface area contributed by atoms with E-state index in [0.29, 0.717) is 0 Å². The molecule has 0 aliphatic heterocycles. The molecule has 2 nitrogen and oxygen atoms in total. The van der Waals surface area contributed by atoms with E-state index in [9.17, 15) is 0 Å². The number of hydrogen-bond acceptors (Lipinski definition) is 2. The Morgan fingerprint density at radius 2 is 0.824 bits per heavy atom. The monoisotopic (exact) mass is 646 g/mol. The lowest BCUT2D eigenvalue weighted by molar-refractivity contribution is 0.797. The standard InChI is InChI=1S/C49H30N2/c1-3-11-32(12-4-1)44-30-45(51-48(50-44)36-13-5-2-6-14-36)33-23-21-31(22-24-33)37-27-28-39-38-17-7-8-18-40(38)49(43(39)29-37)41-19-9-15-34-25-26-35-16-10-20-42(49)47(35)46(34)41/h1-30H. The van der Waals surface area contributed by atoms with E-state index in [4.69, 9.17) is 9.97 Å². The van der Waals surface area contributed by atoms with Gasteiger partial charge in [0, 0.05) is 16.7 Å². The zero-order valence-electron chi connectivity index (χ0n) is 27.7. The van der Waals surface area contributed by atoms with Gasteiger partial charge in [0.05, 0.1) is 16.8 Å². The highest BCUT2D eigenvalue weighted by Crippen LogP contribution is 2.62. The minimum Gasteiger partial charge on any atom is -0.228 e. The molecule has 0 unspecified atom stereocenters. The van der Waals surface area contributed by atoms with Crippen molar-refractivity contribution < 1.29 is 0 Å². The molecule has 2 heteroatoms. The fourth-order valence-electron chi connectivity index (χ4n) is 8.87. The van der Waals surface area contributed by atoms with Crippen molar-refractivity contribution in [1.82, 2.24) is 9.97 Å². The van der Waals surface area contributed by atoms with Gasteiger partial charge in [-0.05, 0) is 78.2 Å². The Hall–Kier alpha value is -6.64. The van der Waals surface area contributed by atoms with E-state index in [2.05, 4.69) is 158 Å². The molecule has 0 saturated heterocycles. The number of benzene rings is 8. The third kappa shape index (κ3) is 3.99. The second-order valence-corrected chi connectivity index (χ2v) is 13.7. The fourth-order valence-corrected chi connectivity index (χ4v) is 8.87. The lowest BCUT2D eigenvalue weighted by Crippen LogP contribution is -2.26. The van der Waals surface area contributed by atoms with Crippen molar-refractivity contribution >= 4 is 21.5 Å². The summed E-state index contributed by atoms with van der Waals surface area (Å²) in [6.45, 7) is 0. The number of hydrogen-bond donors (Lipinski definition) is 0. The van der Waals surface area contributed by atoms with Crippen LogP contribution in [0.3, 0.4) is 0 Å². The van der Waals surface area contributed by atoms with E-state index in [1.54, 1.807) is 0 Å². The molecule has 1 heterocycles. The van der Waals surface area contributed by atoms with Gasteiger partial charge in [-0.25, -0.2) is 9.97 Å². The van der Waals surface area contributed by atoms with Crippen molar-refractivity contribution in [2.24, 2.45) is 0 Å². The smallest absolute Gasteiger partial charge is 0.160 e. The van der Waals surface area contributed by atoms with Crippen molar-refractivity contribution in [3.8, 4) is 56.2 Å². The van der Waals surface area contributed by atoms with Gasteiger partial charge in [0.25, 0.3) is 0 Å². The van der Waals surface area contributed by atoms with Crippen molar-refractivity contribution in [3.63, 3.8) is 0 Å². The summed E-state index contributed by atoms with van der Waals surface area (Å²) in [5.41, 5.74) is 15.1. The molecule has 0 radical (unpaired) electrons. The van der Waals surface area contributed by atoms with E-state index < -0.39 is 0 Å². The van der Waals surface area contributed by atoms with Gasteiger partial charge >= 0.3 is 0 Å². The molecule has 11 rings (SSSR count). The molecule has 0 fully saturated rings. The molecule has 0 saturated carbocycles. The third-order valence-corrected chi connectivity index (χ3v) is 11.1. The van der Waals surface area contributed by atoms with Gasteiger partial charge in [0.1, 0.15) is 0 Å². The Bertz CT molecular complexity index is 2720. The van der Waals surface area contributed by atoms with Gasteiger partial charge < -0.3 is 0 Å². The summed E-state index contributed by atoms with van der Waals surface area (Å²) in [4.78, 5) is 10.0. The van der Waals surface area contributed by atoms with E-state index in [0.717, 1.165) is 33.9 Å². The minimum atomic E-state index is -0.368. The fraction of sp³-hybridized carbons (Fsp3) is 0.0204. The van der Waals surface area contributed by atoms with Crippen LogP contribution in [0, 0.1) is 0 Å². The summed E-state index contributed by atoms with van der Waals surface area (Å²) in [5.74, 6) is 0.724. The largest absolute Gasteiger partial charge is 0.228 e. The molecule has 0 amide bonds. The second kappa shape index (κ2) is 10.7. The molecule has 2 aliphatic rings. The second-order valence-electron chi connectivity index (χ2n) is 13.7. The van der Waals surface area contributed by atoms with Crippen molar-refractivity contribution in [2.45, 2.75) is 5.41 Å². The minimum absolute atomic E-state index is 0.368. The predicted octanol–water partition coefficient (Wildman–Crippen LogP) is 12.1. The highest BCUT2D eigenvalue weighted by molar-refractivity contribution is 6.17. The predicted molar refractivity (Wildman–Crippen MR) is 210 cm³/mol. The Kier molecular flexibility index (Phi) is 5.91. The maximum Gasteiger partial charge on any atom is 0.160 e. The summed E-state index contributed by atoms with van der Waals surface area (Å²) in [6, 6.07) is 66.0. The highest BCUT2D eigenvalue weighted by Gasteiger charge is 2.50. The molecule has 236 valence electrons. The van der Waals surface area contributed by atoms with Gasteiger partial charge in [-0.3, -0.25) is 0 Å². The lowest BCUT2D eigenvalue weighted by Gasteiger charge is -2.31. The van der Waals surface area contributed by atoms with Gasteiger partial charge in [-0.2, -0.15) is 0 Å². The number of nitrogens with zero attached hydrogens (tertiary/aromatic N) is 2. The first kappa shape index (κ1) is 28.2. The van der Waals surface area contributed by atoms with Crippen LogP contribution >= 0.6 is 0 Å². The molecule has 0 atom stereocenters. The van der Waals surface area contributed by atoms with Crippen molar-refractivity contribution in [3.05, 3.63) is 204 Å². The summed E-state index contributed by atoms with van der Waals surface area (Å²) in [6.07, 6.45) is 0. The first-order valence-electron chi connectivity index (χ1n) is 17.6. The summed E-state index contributed by atoms with van der Waals surface area (Å²) < 4.78 is 0. The van der Waals surface area contributed by atoms with E-state index >= 15 is 0 Å². The first-order chi connectivity index (χ1) is 25.3. The van der Waals surface area contributed by atoms with Crippen LogP contribution in [0.5, 0.6) is 0 Å². The highest BCUT2D eigenvalue weighted by atomic mass is 14.9. The molecule has 0 N–H and O–H groups in total. The maximum atomic E-state index is 5.07. The number of aromatic nitrogens is 2. The number of fused-ring (bicyclic) bond motifs is 7. The van der Waals surface area contributed by atoms with Crippen LogP contribution in [-0.4, -0.2) is 9.97 Å². The summed E-state index contributed by atoms with van der Waals surface area (Å²) in [5, 5.41) is 5.38. The summed E-state index contributed by atoms with van der Waals surface area (Å²) >= 11 is 0. The van der Waals surface area contributed by atoms with Gasteiger partial charge in [0.15, 0.2) is 5.82 Å². The first-order valence-corrected chi connectivity index (χ1v) is 17.6. The average molecular weight is 647 g/mol. The summed E-state index contributed by atoms with van der Waals surface area (Å²) in [7, 11) is 0. The Labute approximate surface area is 296 Å². The van der Waals surface area contributed by atoms with Gasteiger partial charge in [0.2, 0.25) is 0 Å². The topological polar surface area (TPSA) is 25.8 Å². The molecule has 0 bridgehead atoms. The van der Waals surface area contributed by atoms with Crippen molar-refractivity contribution in [2.75, 3.05) is 0 Å². The zero-order chi connectivity index (χ0) is 33.5. The molecule has 9 aromatic rings. The van der Waals surface area contributed by atoms with Crippen LogP contribution < -0.4 is 0 Å². The SMILES string of the molecule is c1ccc(-c2cc(-c3ccc(-c4ccc5c(c4)C4(c6ccccc6-5)c5cccc6ccc7cccc4c7c56)cc3)nc(-c3ccccc3)n2)cc1. The zero-order valence-corrected chi connectivity index (χ0v) is 27.7. The van der Waals surface area contributed by atoms with E-state index in [-0.39, 0.29) is 5.41 Å². The maximum absolute atomic E-state index is 5.07. The Balaban J connectivity index is 1.06. The Morgan fingerprint density at radius 1 is 0.314 bits per heavy atom. The van der Waals surface area contributed by atoms with Crippen LogP contribution in [0.1, 0.15) is 22.3 Å². The molecular formula is C49H30N2. The molecule has 1 aromatic heterocycles. The van der Waals surface area contributed by atoms with Crippen LogP contribution in [0.15, 0.2) is 182 Å². The van der Waals surface area contributed by atoms with E-state index in [1.165, 1.54) is 66.1 Å².